The first-order valence-corrected chi connectivity index (χ1v) is 10.6. The molecule has 1 saturated carbocycles. The standard InChI is InChI=1S/C23H18F3N7O/c1-12(13-4-2-5-14(10-13)23(24,25)26)33-21-18(17(11-27)32-33)22(34)31-20(30-21)16-7-6-15(16)19-28-8-3-9-29-19/h2-5,8-10,12,15-16H,6-7H2,1H3,(H,30,31,34). The molecule has 1 aliphatic rings. The average Bonchev–Trinajstić information content (AvgIpc) is 3.17. The van der Waals surface area contributed by atoms with Crippen molar-refractivity contribution in [3.05, 3.63) is 81.5 Å². The van der Waals surface area contributed by atoms with Crippen LogP contribution in [0.1, 0.15) is 66.1 Å². The van der Waals surface area contributed by atoms with Crippen LogP contribution in [0, 0.1) is 11.3 Å². The van der Waals surface area contributed by atoms with Gasteiger partial charge >= 0.3 is 6.18 Å². The Morgan fingerprint density at radius 2 is 1.91 bits per heavy atom. The number of rotatable bonds is 4. The number of fused-ring (bicyclic) bond motifs is 1. The van der Waals surface area contributed by atoms with Crippen LogP contribution >= 0.6 is 0 Å². The van der Waals surface area contributed by atoms with Crippen molar-refractivity contribution in [3.8, 4) is 6.07 Å². The van der Waals surface area contributed by atoms with E-state index in [1.807, 2.05) is 6.07 Å². The third-order valence-corrected chi connectivity index (χ3v) is 6.29. The van der Waals surface area contributed by atoms with E-state index in [2.05, 4.69) is 25.0 Å². The zero-order valence-electron chi connectivity index (χ0n) is 17.9. The van der Waals surface area contributed by atoms with Crippen molar-refractivity contribution in [3.63, 3.8) is 0 Å². The third kappa shape index (κ3) is 3.61. The molecule has 5 rings (SSSR count). The molecule has 0 aliphatic heterocycles. The molecule has 11 heteroatoms. The first kappa shape index (κ1) is 21.8. The molecule has 1 aliphatic carbocycles. The lowest BCUT2D eigenvalue weighted by Gasteiger charge is -2.34. The van der Waals surface area contributed by atoms with Gasteiger partial charge in [0.25, 0.3) is 5.56 Å². The normalized spacial score (nSPS) is 18.9. The van der Waals surface area contributed by atoms with Gasteiger partial charge in [0.1, 0.15) is 23.1 Å². The molecule has 172 valence electrons. The van der Waals surface area contributed by atoms with Crippen molar-refractivity contribution in [1.82, 2.24) is 29.7 Å². The molecule has 3 atom stereocenters. The van der Waals surface area contributed by atoms with E-state index in [4.69, 9.17) is 0 Å². The van der Waals surface area contributed by atoms with Gasteiger partial charge < -0.3 is 4.98 Å². The first-order chi connectivity index (χ1) is 16.3. The van der Waals surface area contributed by atoms with Crippen LogP contribution in [0.5, 0.6) is 0 Å². The zero-order valence-corrected chi connectivity index (χ0v) is 17.9. The second kappa shape index (κ2) is 8.06. The van der Waals surface area contributed by atoms with Gasteiger partial charge in [-0.05, 0) is 43.5 Å². The molecule has 8 nitrogen and oxygen atoms in total. The number of alkyl halides is 3. The maximum Gasteiger partial charge on any atom is 0.416 e. The van der Waals surface area contributed by atoms with Crippen molar-refractivity contribution in [2.45, 2.75) is 43.8 Å². The highest BCUT2D eigenvalue weighted by Crippen LogP contribution is 2.46. The molecule has 0 spiro atoms. The van der Waals surface area contributed by atoms with Gasteiger partial charge in [-0.2, -0.15) is 23.5 Å². The van der Waals surface area contributed by atoms with Crippen molar-refractivity contribution in [2.75, 3.05) is 0 Å². The molecule has 0 saturated heterocycles. The lowest BCUT2D eigenvalue weighted by atomic mass is 9.72. The molecule has 1 fully saturated rings. The quantitative estimate of drug-likeness (QED) is 0.486. The molecule has 1 aromatic carbocycles. The van der Waals surface area contributed by atoms with Gasteiger partial charge in [0, 0.05) is 24.2 Å². The number of hydrogen-bond acceptors (Lipinski definition) is 6. The fraction of sp³-hybridized carbons (Fsp3) is 0.304. The fourth-order valence-electron chi connectivity index (χ4n) is 4.34. The first-order valence-electron chi connectivity index (χ1n) is 10.6. The van der Waals surface area contributed by atoms with Crippen LogP contribution in [0.15, 0.2) is 47.5 Å². The van der Waals surface area contributed by atoms with E-state index in [0.717, 1.165) is 25.0 Å². The van der Waals surface area contributed by atoms with Crippen LogP contribution in [-0.2, 0) is 6.18 Å². The van der Waals surface area contributed by atoms with Gasteiger partial charge in [-0.15, -0.1) is 0 Å². The maximum atomic E-state index is 13.2. The highest BCUT2D eigenvalue weighted by atomic mass is 19.4. The topological polar surface area (TPSA) is 113 Å². The second-order valence-corrected chi connectivity index (χ2v) is 8.25. The minimum atomic E-state index is -4.50. The van der Waals surface area contributed by atoms with Crippen LogP contribution in [0.25, 0.3) is 11.0 Å². The Morgan fingerprint density at radius 1 is 1.18 bits per heavy atom. The van der Waals surface area contributed by atoms with Crippen molar-refractivity contribution >= 4 is 11.0 Å². The van der Waals surface area contributed by atoms with Gasteiger partial charge in [-0.25, -0.2) is 19.6 Å². The summed E-state index contributed by atoms with van der Waals surface area (Å²) >= 11 is 0. The van der Waals surface area contributed by atoms with E-state index in [1.165, 1.54) is 10.7 Å². The van der Waals surface area contributed by atoms with Gasteiger partial charge in [0.2, 0.25) is 0 Å². The average molecular weight is 465 g/mol. The Bertz CT molecular complexity index is 1470. The highest BCUT2D eigenvalue weighted by Gasteiger charge is 2.38. The minimum Gasteiger partial charge on any atom is -0.310 e. The molecule has 0 bridgehead atoms. The number of H-pyrrole nitrogens is 1. The lowest BCUT2D eigenvalue weighted by molar-refractivity contribution is -0.137. The number of nitrogens with zero attached hydrogens (tertiary/aromatic N) is 6. The Morgan fingerprint density at radius 3 is 2.56 bits per heavy atom. The molecular formula is C23H18F3N7O. The van der Waals surface area contributed by atoms with Gasteiger partial charge in [-0.3, -0.25) is 4.79 Å². The van der Waals surface area contributed by atoms with Crippen LogP contribution < -0.4 is 5.56 Å². The summed E-state index contributed by atoms with van der Waals surface area (Å²) in [6.07, 6.45) is 0.408. The summed E-state index contributed by atoms with van der Waals surface area (Å²) in [5, 5.41) is 13.8. The summed E-state index contributed by atoms with van der Waals surface area (Å²) in [4.78, 5) is 29.0. The number of halogens is 3. The summed E-state index contributed by atoms with van der Waals surface area (Å²) in [6.45, 7) is 1.65. The van der Waals surface area contributed by atoms with Crippen LogP contribution in [0.2, 0.25) is 0 Å². The molecule has 1 N–H and O–H groups in total. The largest absolute Gasteiger partial charge is 0.416 e. The maximum absolute atomic E-state index is 13.2. The van der Waals surface area contributed by atoms with E-state index in [0.29, 0.717) is 17.2 Å². The molecule has 0 radical (unpaired) electrons. The predicted octanol–water partition coefficient (Wildman–Crippen LogP) is 4.07. The Kier molecular flexibility index (Phi) is 5.16. The monoisotopic (exact) mass is 465 g/mol. The third-order valence-electron chi connectivity index (χ3n) is 6.29. The van der Waals surface area contributed by atoms with Gasteiger partial charge in [0.05, 0.1) is 11.6 Å². The van der Waals surface area contributed by atoms with Crippen molar-refractivity contribution in [1.29, 1.82) is 5.26 Å². The number of hydrogen-bond donors (Lipinski definition) is 1. The minimum absolute atomic E-state index is 0.0110. The summed E-state index contributed by atoms with van der Waals surface area (Å²) in [6, 6.07) is 7.79. The highest BCUT2D eigenvalue weighted by molar-refractivity contribution is 5.80. The molecular weight excluding hydrogens is 447 g/mol. The second-order valence-electron chi connectivity index (χ2n) is 8.25. The molecule has 3 heterocycles. The summed E-state index contributed by atoms with van der Waals surface area (Å²) in [5.74, 6) is 0.930. The van der Waals surface area contributed by atoms with E-state index < -0.39 is 23.3 Å². The van der Waals surface area contributed by atoms with E-state index >= 15 is 0 Å². The summed E-state index contributed by atoms with van der Waals surface area (Å²) in [7, 11) is 0. The predicted molar refractivity (Wildman–Crippen MR) is 115 cm³/mol. The molecule has 3 unspecified atom stereocenters. The van der Waals surface area contributed by atoms with Gasteiger partial charge in [0.15, 0.2) is 11.3 Å². The fourth-order valence-corrected chi connectivity index (χ4v) is 4.34. The zero-order chi connectivity index (χ0) is 24.0. The van der Waals surface area contributed by atoms with Crippen molar-refractivity contribution in [2.24, 2.45) is 0 Å². The smallest absolute Gasteiger partial charge is 0.310 e. The molecule has 4 aromatic rings. The SMILES string of the molecule is CC(c1cccc(C(F)(F)F)c1)n1nc(C#N)c2c(=O)[nH]c(C3CCC3c3ncccn3)nc21. The number of aromatic amines is 1. The number of aromatic nitrogens is 6. The Balaban J connectivity index is 1.61. The Hall–Kier alpha value is -4.07. The van der Waals surface area contributed by atoms with Crippen molar-refractivity contribution < 1.29 is 13.2 Å². The molecule has 3 aromatic heterocycles. The summed E-state index contributed by atoms with van der Waals surface area (Å²) in [5.41, 5.74) is -0.962. The van der Waals surface area contributed by atoms with E-state index in [-0.39, 0.29) is 28.6 Å². The Labute approximate surface area is 191 Å². The number of nitrogens with one attached hydrogen (secondary N) is 1. The van der Waals surface area contributed by atoms with E-state index in [1.54, 1.807) is 31.5 Å². The van der Waals surface area contributed by atoms with Crippen LogP contribution in [-0.4, -0.2) is 29.7 Å². The van der Waals surface area contributed by atoms with Crippen LogP contribution in [0.3, 0.4) is 0 Å². The van der Waals surface area contributed by atoms with Gasteiger partial charge in [-0.1, -0.05) is 12.1 Å². The molecule has 34 heavy (non-hydrogen) atoms. The van der Waals surface area contributed by atoms with E-state index in [9.17, 15) is 23.2 Å². The molecule has 0 amide bonds. The lowest BCUT2D eigenvalue weighted by Crippen LogP contribution is -2.28. The number of benzene rings is 1. The summed E-state index contributed by atoms with van der Waals surface area (Å²) < 4.78 is 41.0. The van der Waals surface area contributed by atoms with Crippen LogP contribution in [0.4, 0.5) is 13.2 Å². The number of nitriles is 1.